The molecule has 0 radical (unpaired) electrons. The molecular formula is C14H9BrO3. The Morgan fingerprint density at radius 2 is 1.83 bits per heavy atom. The van der Waals surface area contributed by atoms with E-state index in [2.05, 4.69) is 15.9 Å². The van der Waals surface area contributed by atoms with Crippen LogP contribution in [0.4, 0.5) is 0 Å². The summed E-state index contributed by atoms with van der Waals surface area (Å²) in [5.74, 6) is 0.125. The van der Waals surface area contributed by atoms with E-state index in [4.69, 9.17) is 4.42 Å². The highest BCUT2D eigenvalue weighted by molar-refractivity contribution is 9.10. The first kappa shape index (κ1) is 11.3. The third-order valence-electron chi connectivity index (χ3n) is 3.06. The summed E-state index contributed by atoms with van der Waals surface area (Å²) >= 11 is 3.39. The highest BCUT2D eigenvalue weighted by Gasteiger charge is 2.11. The van der Waals surface area contributed by atoms with Crippen molar-refractivity contribution in [2.24, 2.45) is 0 Å². The molecule has 0 saturated carbocycles. The van der Waals surface area contributed by atoms with Crippen molar-refractivity contribution in [3.8, 4) is 5.75 Å². The van der Waals surface area contributed by atoms with Gasteiger partial charge in [-0.25, -0.2) is 4.79 Å². The van der Waals surface area contributed by atoms with E-state index in [-0.39, 0.29) is 5.75 Å². The van der Waals surface area contributed by atoms with Gasteiger partial charge in [-0.1, -0.05) is 15.9 Å². The van der Waals surface area contributed by atoms with Gasteiger partial charge in [0.1, 0.15) is 11.3 Å². The second-order valence-corrected chi connectivity index (χ2v) is 5.08. The van der Waals surface area contributed by atoms with Crippen LogP contribution in [-0.2, 0) is 0 Å². The molecule has 90 valence electrons. The molecule has 0 unspecified atom stereocenters. The van der Waals surface area contributed by atoms with Gasteiger partial charge in [0.25, 0.3) is 0 Å². The van der Waals surface area contributed by atoms with E-state index in [0.29, 0.717) is 16.5 Å². The predicted octanol–water partition coefficient (Wildman–Crippen LogP) is 3.72. The predicted molar refractivity (Wildman–Crippen MR) is 74.1 cm³/mol. The van der Waals surface area contributed by atoms with E-state index in [9.17, 15) is 9.90 Å². The zero-order valence-electron chi connectivity index (χ0n) is 9.53. The number of hydrogen-bond acceptors (Lipinski definition) is 3. The maximum Gasteiger partial charge on any atom is 0.344 e. The zero-order chi connectivity index (χ0) is 12.9. The van der Waals surface area contributed by atoms with Crippen LogP contribution in [0.15, 0.2) is 44.0 Å². The quantitative estimate of drug-likeness (QED) is 0.508. The van der Waals surface area contributed by atoms with Crippen LogP contribution in [0.5, 0.6) is 5.75 Å². The number of halogens is 1. The number of fused-ring (bicyclic) bond motifs is 3. The van der Waals surface area contributed by atoms with Crippen LogP contribution in [0.25, 0.3) is 21.7 Å². The Hall–Kier alpha value is -1.81. The van der Waals surface area contributed by atoms with Crippen molar-refractivity contribution < 1.29 is 9.52 Å². The minimum Gasteiger partial charge on any atom is -0.508 e. The molecule has 0 saturated heterocycles. The van der Waals surface area contributed by atoms with Crippen LogP contribution in [0.2, 0.25) is 0 Å². The minimum absolute atomic E-state index is 0.125. The van der Waals surface area contributed by atoms with E-state index in [1.54, 1.807) is 31.2 Å². The number of hydrogen-bond donors (Lipinski definition) is 1. The van der Waals surface area contributed by atoms with Crippen molar-refractivity contribution in [3.63, 3.8) is 0 Å². The number of aromatic hydroxyl groups is 1. The lowest BCUT2D eigenvalue weighted by Crippen LogP contribution is -2.00. The fraction of sp³-hybridized carbons (Fsp3) is 0.0714. The lowest BCUT2D eigenvalue weighted by molar-refractivity contribution is 0.468. The van der Waals surface area contributed by atoms with Crippen molar-refractivity contribution in [1.82, 2.24) is 0 Å². The second-order valence-electron chi connectivity index (χ2n) is 4.17. The summed E-state index contributed by atoms with van der Waals surface area (Å²) in [5, 5.41) is 11.8. The van der Waals surface area contributed by atoms with Crippen LogP contribution in [-0.4, -0.2) is 5.11 Å². The summed E-state index contributed by atoms with van der Waals surface area (Å²) in [6, 6.07) is 8.78. The molecule has 0 aliphatic heterocycles. The Labute approximate surface area is 111 Å². The van der Waals surface area contributed by atoms with Crippen LogP contribution in [0.1, 0.15) is 5.56 Å². The lowest BCUT2D eigenvalue weighted by atomic mass is 10.0. The Balaban J connectivity index is 2.65. The topological polar surface area (TPSA) is 50.4 Å². The minimum atomic E-state index is -0.390. The van der Waals surface area contributed by atoms with Crippen LogP contribution in [0, 0.1) is 6.92 Å². The fourth-order valence-electron chi connectivity index (χ4n) is 2.09. The third-order valence-corrected chi connectivity index (χ3v) is 3.56. The average Bonchev–Trinajstić information content (AvgIpc) is 2.34. The first-order valence-electron chi connectivity index (χ1n) is 5.42. The molecule has 0 spiro atoms. The zero-order valence-corrected chi connectivity index (χ0v) is 11.1. The SMILES string of the molecule is Cc1c(O)ccc2c1oc(=O)c1ccc(Br)cc12. The van der Waals surface area contributed by atoms with Crippen molar-refractivity contribution in [1.29, 1.82) is 0 Å². The maximum atomic E-state index is 11.9. The molecule has 0 fully saturated rings. The Bertz CT molecular complexity index is 834. The van der Waals surface area contributed by atoms with E-state index in [1.165, 1.54) is 0 Å². The van der Waals surface area contributed by atoms with Crippen molar-refractivity contribution in [2.75, 3.05) is 0 Å². The summed E-state index contributed by atoms with van der Waals surface area (Å²) < 4.78 is 6.19. The molecule has 1 heterocycles. The number of phenolic OH excluding ortho intramolecular Hbond substituents is 1. The highest BCUT2D eigenvalue weighted by atomic mass is 79.9. The standard InChI is InChI=1S/C14H9BrO3/c1-7-12(16)5-4-9-11-6-8(15)2-3-10(11)14(17)18-13(7)9/h2-6,16H,1H3. The molecule has 0 atom stereocenters. The van der Waals surface area contributed by atoms with Crippen LogP contribution >= 0.6 is 15.9 Å². The largest absolute Gasteiger partial charge is 0.508 e. The monoisotopic (exact) mass is 304 g/mol. The summed E-state index contributed by atoms with van der Waals surface area (Å²) in [6.45, 7) is 1.73. The number of benzene rings is 2. The summed E-state index contributed by atoms with van der Waals surface area (Å²) in [6.07, 6.45) is 0. The third kappa shape index (κ3) is 1.53. The molecule has 4 heteroatoms. The molecule has 3 aromatic rings. The molecule has 3 nitrogen and oxygen atoms in total. The molecule has 1 N–H and O–H groups in total. The van der Waals surface area contributed by atoms with Gasteiger partial charge in [-0.05, 0) is 37.3 Å². The Morgan fingerprint density at radius 3 is 2.61 bits per heavy atom. The van der Waals surface area contributed by atoms with E-state index >= 15 is 0 Å². The molecule has 0 aliphatic rings. The first-order chi connectivity index (χ1) is 8.58. The van der Waals surface area contributed by atoms with Crippen LogP contribution < -0.4 is 5.63 Å². The van der Waals surface area contributed by atoms with Gasteiger partial charge in [-0.15, -0.1) is 0 Å². The van der Waals surface area contributed by atoms with Gasteiger partial charge in [0, 0.05) is 20.8 Å². The molecule has 2 aromatic carbocycles. The molecule has 18 heavy (non-hydrogen) atoms. The van der Waals surface area contributed by atoms with Gasteiger partial charge in [0.2, 0.25) is 0 Å². The van der Waals surface area contributed by atoms with Gasteiger partial charge < -0.3 is 9.52 Å². The maximum absolute atomic E-state index is 11.9. The lowest BCUT2D eigenvalue weighted by Gasteiger charge is -2.06. The molecule has 1 aromatic heterocycles. The Morgan fingerprint density at radius 1 is 1.11 bits per heavy atom. The van der Waals surface area contributed by atoms with Crippen molar-refractivity contribution in [3.05, 3.63) is 50.8 Å². The summed E-state index contributed by atoms with van der Waals surface area (Å²) in [7, 11) is 0. The van der Waals surface area contributed by atoms with E-state index in [1.807, 2.05) is 6.07 Å². The average molecular weight is 305 g/mol. The van der Waals surface area contributed by atoms with Crippen molar-refractivity contribution >= 4 is 37.7 Å². The second kappa shape index (κ2) is 3.85. The van der Waals surface area contributed by atoms with Gasteiger partial charge in [-0.2, -0.15) is 0 Å². The fourth-order valence-corrected chi connectivity index (χ4v) is 2.45. The highest BCUT2D eigenvalue weighted by Crippen LogP contribution is 2.31. The Kier molecular flexibility index (Phi) is 2.41. The number of rotatable bonds is 0. The molecule has 3 rings (SSSR count). The number of aryl methyl sites for hydroxylation is 1. The molecule has 0 bridgehead atoms. The summed E-state index contributed by atoms with van der Waals surface area (Å²) in [4.78, 5) is 11.9. The van der Waals surface area contributed by atoms with Crippen LogP contribution in [0.3, 0.4) is 0 Å². The van der Waals surface area contributed by atoms with Crippen molar-refractivity contribution in [2.45, 2.75) is 6.92 Å². The first-order valence-corrected chi connectivity index (χ1v) is 6.22. The number of phenols is 1. The summed E-state index contributed by atoms with van der Waals surface area (Å²) in [5.41, 5.74) is 0.621. The molecular weight excluding hydrogens is 296 g/mol. The van der Waals surface area contributed by atoms with E-state index in [0.717, 1.165) is 15.2 Å². The van der Waals surface area contributed by atoms with Gasteiger partial charge in [-0.3, -0.25) is 0 Å². The van der Waals surface area contributed by atoms with Gasteiger partial charge >= 0.3 is 5.63 Å². The van der Waals surface area contributed by atoms with E-state index < -0.39 is 5.63 Å². The molecule has 0 aliphatic carbocycles. The normalized spacial score (nSPS) is 11.2. The molecule has 0 amide bonds. The van der Waals surface area contributed by atoms with Gasteiger partial charge in [0.05, 0.1) is 5.39 Å². The van der Waals surface area contributed by atoms with Gasteiger partial charge in [0.15, 0.2) is 0 Å². The smallest absolute Gasteiger partial charge is 0.344 e.